The van der Waals surface area contributed by atoms with Crippen molar-refractivity contribution in [2.24, 2.45) is 16.7 Å². The molecule has 0 aliphatic carbocycles. The zero-order valence-electron chi connectivity index (χ0n) is 17.7. The first kappa shape index (κ1) is 21.9. The summed E-state index contributed by atoms with van der Waals surface area (Å²) in [7, 11) is 2.23. The van der Waals surface area contributed by atoms with E-state index in [1.807, 2.05) is 0 Å². The SMILES string of the molecule is CC(C)(C)CCN1CCOCC1.CN1CCC(CC(C)(C)C)CC1. The number of rotatable bonds is 3. The highest BCUT2D eigenvalue weighted by Crippen LogP contribution is 2.30. The van der Waals surface area contributed by atoms with Crippen molar-refractivity contribution in [3.63, 3.8) is 0 Å². The van der Waals surface area contributed by atoms with Gasteiger partial charge in [-0.3, -0.25) is 4.90 Å². The molecule has 0 bridgehead atoms. The highest BCUT2D eigenvalue weighted by molar-refractivity contribution is 4.75. The molecule has 0 spiro atoms. The van der Waals surface area contributed by atoms with Crippen LogP contribution < -0.4 is 0 Å². The van der Waals surface area contributed by atoms with Gasteiger partial charge in [-0.15, -0.1) is 0 Å². The van der Waals surface area contributed by atoms with E-state index in [-0.39, 0.29) is 0 Å². The van der Waals surface area contributed by atoms with Crippen molar-refractivity contribution in [1.82, 2.24) is 9.80 Å². The molecule has 2 saturated heterocycles. The van der Waals surface area contributed by atoms with Gasteiger partial charge in [-0.05, 0) is 69.1 Å². The predicted molar refractivity (Wildman–Crippen MR) is 106 cm³/mol. The molecule has 0 aromatic rings. The van der Waals surface area contributed by atoms with Crippen LogP contribution in [0.1, 0.15) is 67.2 Å². The molecule has 2 rings (SSSR count). The minimum atomic E-state index is 0.471. The lowest BCUT2D eigenvalue weighted by molar-refractivity contribution is 0.0333. The molecular formula is C21H44N2O. The van der Waals surface area contributed by atoms with Crippen LogP contribution in [0.4, 0.5) is 0 Å². The van der Waals surface area contributed by atoms with Crippen molar-refractivity contribution in [3.05, 3.63) is 0 Å². The lowest BCUT2D eigenvalue weighted by Crippen LogP contribution is -2.37. The first-order valence-electron chi connectivity index (χ1n) is 10.0. The molecule has 2 aliphatic rings. The Morgan fingerprint density at radius 3 is 1.83 bits per heavy atom. The fourth-order valence-electron chi connectivity index (χ4n) is 3.45. The van der Waals surface area contributed by atoms with Crippen LogP contribution in [-0.4, -0.2) is 62.8 Å². The Kier molecular flexibility index (Phi) is 9.25. The summed E-state index contributed by atoms with van der Waals surface area (Å²) in [6, 6.07) is 0. The second kappa shape index (κ2) is 10.1. The van der Waals surface area contributed by atoms with Crippen LogP contribution in [0.2, 0.25) is 0 Å². The number of hydrogen-bond donors (Lipinski definition) is 0. The molecule has 0 unspecified atom stereocenters. The van der Waals surface area contributed by atoms with Gasteiger partial charge >= 0.3 is 0 Å². The molecule has 2 aliphatic heterocycles. The van der Waals surface area contributed by atoms with Crippen molar-refractivity contribution in [1.29, 1.82) is 0 Å². The molecule has 0 N–H and O–H groups in total. The van der Waals surface area contributed by atoms with E-state index in [0.717, 1.165) is 32.2 Å². The minimum absolute atomic E-state index is 0.471. The van der Waals surface area contributed by atoms with Crippen molar-refractivity contribution in [3.8, 4) is 0 Å². The average molecular weight is 341 g/mol. The summed E-state index contributed by atoms with van der Waals surface area (Å²) < 4.78 is 5.29. The predicted octanol–water partition coefficient (Wildman–Crippen LogP) is 4.52. The Hall–Kier alpha value is -0.120. The normalized spacial score (nSPS) is 22.1. The highest BCUT2D eigenvalue weighted by atomic mass is 16.5. The minimum Gasteiger partial charge on any atom is -0.379 e. The maximum absolute atomic E-state index is 5.29. The van der Waals surface area contributed by atoms with Gasteiger partial charge in [-0.2, -0.15) is 0 Å². The molecule has 0 radical (unpaired) electrons. The highest BCUT2D eigenvalue weighted by Gasteiger charge is 2.22. The second-order valence-corrected chi connectivity index (χ2v) is 10.3. The zero-order valence-corrected chi connectivity index (χ0v) is 17.7. The van der Waals surface area contributed by atoms with E-state index in [1.165, 1.54) is 45.3 Å². The van der Waals surface area contributed by atoms with E-state index >= 15 is 0 Å². The van der Waals surface area contributed by atoms with E-state index < -0.39 is 0 Å². The van der Waals surface area contributed by atoms with Crippen LogP contribution in [0.25, 0.3) is 0 Å². The number of ether oxygens (including phenoxy) is 1. The Morgan fingerprint density at radius 2 is 1.38 bits per heavy atom. The smallest absolute Gasteiger partial charge is 0.0594 e. The largest absolute Gasteiger partial charge is 0.379 e. The molecule has 0 saturated carbocycles. The van der Waals surface area contributed by atoms with Crippen LogP contribution in [0.15, 0.2) is 0 Å². The van der Waals surface area contributed by atoms with Crippen molar-refractivity contribution in [2.75, 3.05) is 53.0 Å². The maximum Gasteiger partial charge on any atom is 0.0594 e. The standard InChI is InChI=1S/C11H23N.C10H21NO/c1-11(2,3)9-10-5-7-12(4)8-6-10;1-10(2,3)4-5-11-6-8-12-9-7-11/h10H,5-9H2,1-4H3;4-9H2,1-3H3. The zero-order chi connectivity index (χ0) is 18.2. The van der Waals surface area contributed by atoms with Crippen molar-refractivity contribution in [2.45, 2.75) is 67.2 Å². The van der Waals surface area contributed by atoms with Crippen LogP contribution >= 0.6 is 0 Å². The third-order valence-electron chi connectivity index (χ3n) is 5.02. The average Bonchev–Trinajstić information content (AvgIpc) is 2.47. The first-order chi connectivity index (χ1) is 11.1. The summed E-state index contributed by atoms with van der Waals surface area (Å²) in [5.41, 5.74) is 0.999. The number of piperidine rings is 1. The number of hydrogen-bond acceptors (Lipinski definition) is 3. The first-order valence-corrected chi connectivity index (χ1v) is 10.0. The molecule has 2 fully saturated rings. The van der Waals surface area contributed by atoms with Crippen LogP contribution in [-0.2, 0) is 4.74 Å². The quantitative estimate of drug-likeness (QED) is 0.751. The molecule has 144 valence electrons. The molecule has 3 heteroatoms. The fraction of sp³-hybridized carbons (Fsp3) is 1.00. The van der Waals surface area contributed by atoms with Crippen molar-refractivity contribution >= 4 is 0 Å². The van der Waals surface area contributed by atoms with E-state index in [1.54, 1.807) is 0 Å². The van der Waals surface area contributed by atoms with Crippen LogP contribution in [0.5, 0.6) is 0 Å². The molecular weight excluding hydrogens is 296 g/mol. The number of morpholine rings is 1. The maximum atomic E-state index is 5.29. The van der Waals surface area contributed by atoms with E-state index in [0.29, 0.717) is 10.8 Å². The molecule has 0 aromatic carbocycles. The molecule has 2 heterocycles. The Labute approximate surface area is 152 Å². The van der Waals surface area contributed by atoms with Gasteiger partial charge in [0.1, 0.15) is 0 Å². The topological polar surface area (TPSA) is 15.7 Å². The van der Waals surface area contributed by atoms with Gasteiger partial charge in [0.05, 0.1) is 13.2 Å². The third kappa shape index (κ3) is 11.4. The van der Waals surface area contributed by atoms with Gasteiger partial charge in [-0.1, -0.05) is 41.5 Å². The second-order valence-electron chi connectivity index (χ2n) is 10.3. The summed E-state index contributed by atoms with van der Waals surface area (Å²) in [5, 5.41) is 0. The summed E-state index contributed by atoms with van der Waals surface area (Å²) in [6.45, 7) is 21.9. The van der Waals surface area contributed by atoms with E-state index in [9.17, 15) is 0 Å². The van der Waals surface area contributed by atoms with Gasteiger partial charge in [0.25, 0.3) is 0 Å². The van der Waals surface area contributed by atoms with E-state index in [4.69, 9.17) is 4.74 Å². The molecule has 0 atom stereocenters. The van der Waals surface area contributed by atoms with Crippen molar-refractivity contribution < 1.29 is 4.74 Å². The molecule has 24 heavy (non-hydrogen) atoms. The lowest BCUT2D eigenvalue weighted by atomic mass is 9.80. The molecule has 0 amide bonds. The monoisotopic (exact) mass is 340 g/mol. The van der Waals surface area contributed by atoms with Gasteiger partial charge in [0.2, 0.25) is 0 Å². The van der Waals surface area contributed by atoms with Gasteiger partial charge in [0.15, 0.2) is 0 Å². The summed E-state index contributed by atoms with van der Waals surface area (Å²) in [6.07, 6.45) is 5.51. The van der Waals surface area contributed by atoms with E-state index in [2.05, 4.69) is 58.4 Å². The Bertz CT molecular complexity index is 316. The summed E-state index contributed by atoms with van der Waals surface area (Å²) in [4.78, 5) is 4.94. The van der Waals surface area contributed by atoms with Crippen LogP contribution in [0.3, 0.4) is 0 Å². The lowest BCUT2D eigenvalue weighted by Gasteiger charge is -2.32. The molecule has 0 aromatic heterocycles. The molecule has 3 nitrogen and oxygen atoms in total. The van der Waals surface area contributed by atoms with Crippen LogP contribution in [0, 0.1) is 16.7 Å². The van der Waals surface area contributed by atoms with Gasteiger partial charge in [0, 0.05) is 13.1 Å². The van der Waals surface area contributed by atoms with Gasteiger partial charge < -0.3 is 9.64 Å². The fourth-order valence-corrected chi connectivity index (χ4v) is 3.45. The van der Waals surface area contributed by atoms with Gasteiger partial charge in [-0.25, -0.2) is 0 Å². The number of likely N-dealkylation sites (tertiary alicyclic amines) is 1. The number of nitrogens with zero attached hydrogens (tertiary/aromatic N) is 2. The summed E-state index contributed by atoms with van der Waals surface area (Å²) >= 11 is 0. The summed E-state index contributed by atoms with van der Waals surface area (Å²) in [5.74, 6) is 0.987. The Morgan fingerprint density at radius 1 is 0.833 bits per heavy atom. The third-order valence-corrected chi connectivity index (χ3v) is 5.02. The Balaban J connectivity index is 0.000000240.